The van der Waals surface area contributed by atoms with Gasteiger partial charge in [-0.3, -0.25) is 4.79 Å². The summed E-state index contributed by atoms with van der Waals surface area (Å²) in [6, 6.07) is 6.92. The summed E-state index contributed by atoms with van der Waals surface area (Å²) in [7, 11) is -3.18. The molecule has 1 aromatic heterocycles. The van der Waals surface area contributed by atoms with Gasteiger partial charge >= 0.3 is 0 Å². The number of carbonyl (C=O) groups excluding carboxylic acids is 1. The molecular formula is C16H20N4O3S. The maximum absolute atomic E-state index is 12.3. The Morgan fingerprint density at radius 1 is 1.29 bits per heavy atom. The van der Waals surface area contributed by atoms with Crippen LogP contribution in [0.2, 0.25) is 0 Å². The van der Waals surface area contributed by atoms with E-state index >= 15 is 0 Å². The molecule has 0 radical (unpaired) electrons. The van der Waals surface area contributed by atoms with E-state index in [4.69, 9.17) is 0 Å². The summed E-state index contributed by atoms with van der Waals surface area (Å²) in [6.45, 7) is 1.39. The van der Waals surface area contributed by atoms with Crippen molar-refractivity contribution in [2.24, 2.45) is 0 Å². The Labute approximate surface area is 141 Å². The van der Waals surface area contributed by atoms with Crippen molar-refractivity contribution in [3.05, 3.63) is 42.2 Å². The molecule has 7 nitrogen and oxygen atoms in total. The van der Waals surface area contributed by atoms with Gasteiger partial charge in [0.15, 0.2) is 9.84 Å². The number of carbonyl (C=O) groups is 1. The molecule has 0 N–H and O–H groups in total. The number of sulfone groups is 1. The van der Waals surface area contributed by atoms with Crippen LogP contribution < -0.4 is 0 Å². The van der Waals surface area contributed by atoms with Crippen molar-refractivity contribution < 1.29 is 13.2 Å². The Morgan fingerprint density at radius 2 is 2.04 bits per heavy atom. The number of hydrogen-bond donors (Lipinski definition) is 0. The van der Waals surface area contributed by atoms with Gasteiger partial charge in [-0.2, -0.15) is 0 Å². The third kappa shape index (κ3) is 3.81. The van der Waals surface area contributed by atoms with Crippen LogP contribution in [0, 0.1) is 0 Å². The quantitative estimate of drug-likeness (QED) is 0.807. The molecule has 1 amide bonds. The van der Waals surface area contributed by atoms with E-state index in [1.54, 1.807) is 35.1 Å². The Bertz CT molecular complexity index is 800. The lowest BCUT2D eigenvalue weighted by atomic mass is 10.1. The molecule has 0 aliphatic carbocycles. The molecule has 1 atom stereocenters. The van der Waals surface area contributed by atoms with Crippen LogP contribution in [-0.2, 0) is 21.1 Å². The molecule has 8 heteroatoms. The first-order valence-electron chi connectivity index (χ1n) is 7.86. The fraction of sp³-hybridized carbons (Fsp3) is 0.438. The van der Waals surface area contributed by atoms with Crippen LogP contribution in [0.3, 0.4) is 0 Å². The van der Waals surface area contributed by atoms with Gasteiger partial charge in [-0.05, 0) is 30.5 Å². The van der Waals surface area contributed by atoms with Gasteiger partial charge in [-0.25, -0.2) is 13.1 Å². The van der Waals surface area contributed by atoms with Crippen molar-refractivity contribution in [3.63, 3.8) is 0 Å². The zero-order valence-corrected chi connectivity index (χ0v) is 14.3. The maximum Gasteiger partial charge on any atom is 0.222 e. The Balaban J connectivity index is 1.53. The van der Waals surface area contributed by atoms with Crippen molar-refractivity contribution in [1.29, 1.82) is 0 Å². The van der Waals surface area contributed by atoms with Crippen molar-refractivity contribution in [2.75, 3.05) is 19.3 Å². The van der Waals surface area contributed by atoms with Crippen molar-refractivity contribution >= 4 is 15.7 Å². The van der Waals surface area contributed by atoms with Crippen LogP contribution in [0.4, 0.5) is 0 Å². The number of nitrogens with zero attached hydrogens (tertiary/aromatic N) is 4. The first kappa shape index (κ1) is 16.6. The topological polar surface area (TPSA) is 85.2 Å². The zero-order valence-electron chi connectivity index (χ0n) is 13.5. The highest BCUT2D eigenvalue weighted by Gasteiger charge is 2.27. The predicted octanol–water partition coefficient (Wildman–Crippen LogP) is 1.09. The van der Waals surface area contributed by atoms with Crippen LogP contribution in [0.15, 0.2) is 41.6 Å². The molecule has 0 unspecified atom stereocenters. The molecule has 24 heavy (non-hydrogen) atoms. The van der Waals surface area contributed by atoms with E-state index in [9.17, 15) is 13.2 Å². The molecule has 128 valence electrons. The summed E-state index contributed by atoms with van der Waals surface area (Å²) in [5, 5.41) is 7.80. The average molecular weight is 348 g/mol. The van der Waals surface area contributed by atoms with Crippen LogP contribution in [0.5, 0.6) is 0 Å². The van der Waals surface area contributed by atoms with Crippen molar-refractivity contribution in [1.82, 2.24) is 19.9 Å². The highest BCUT2D eigenvalue weighted by atomic mass is 32.2. The van der Waals surface area contributed by atoms with E-state index in [0.717, 1.165) is 18.5 Å². The number of aryl methyl sites for hydroxylation is 1. The molecule has 3 rings (SSSR count). The number of benzene rings is 1. The van der Waals surface area contributed by atoms with Crippen molar-refractivity contribution in [3.8, 4) is 0 Å². The molecule has 0 saturated carbocycles. The normalized spacial score (nSPS) is 18.0. The lowest BCUT2D eigenvalue weighted by Gasteiger charge is -2.16. The third-order valence-electron chi connectivity index (χ3n) is 4.31. The largest absolute Gasteiger partial charge is 0.340 e. The van der Waals surface area contributed by atoms with E-state index in [1.807, 2.05) is 11.1 Å². The summed E-state index contributed by atoms with van der Waals surface area (Å²) >= 11 is 0. The fourth-order valence-corrected chi connectivity index (χ4v) is 3.54. The number of aromatic nitrogens is 3. The van der Waals surface area contributed by atoms with Gasteiger partial charge in [0.1, 0.15) is 0 Å². The second-order valence-electron chi connectivity index (χ2n) is 6.08. The first-order chi connectivity index (χ1) is 11.4. The molecule has 2 heterocycles. The summed E-state index contributed by atoms with van der Waals surface area (Å²) in [4.78, 5) is 14.5. The Morgan fingerprint density at radius 3 is 2.67 bits per heavy atom. The monoisotopic (exact) mass is 348 g/mol. The van der Waals surface area contributed by atoms with E-state index < -0.39 is 9.84 Å². The minimum absolute atomic E-state index is 0.116. The molecule has 1 aliphatic heterocycles. The number of hydrogen-bond acceptors (Lipinski definition) is 5. The molecule has 1 aromatic carbocycles. The standard InChI is InChI=1S/C16H20N4O3S/c1-24(22,23)15-5-2-13(3-6-15)4-7-16(21)19-10-8-14(12-19)20-11-9-17-18-20/h2-3,5-6,9,11,14H,4,7-8,10,12H2,1H3/t14-/m1/s1. The van der Waals surface area contributed by atoms with Gasteiger partial charge in [0, 0.05) is 32.0 Å². The Hall–Kier alpha value is -2.22. The smallest absolute Gasteiger partial charge is 0.222 e. The van der Waals surface area contributed by atoms with E-state index in [0.29, 0.717) is 24.3 Å². The van der Waals surface area contributed by atoms with Gasteiger partial charge in [0.2, 0.25) is 5.91 Å². The van der Waals surface area contributed by atoms with E-state index in [2.05, 4.69) is 10.3 Å². The molecular weight excluding hydrogens is 328 g/mol. The minimum atomic E-state index is -3.18. The van der Waals surface area contributed by atoms with Crippen LogP contribution in [0.25, 0.3) is 0 Å². The summed E-state index contributed by atoms with van der Waals surface area (Å²) in [6.07, 6.45) is 6.56. The molecule has 0 spiro atoms. The Kier molecular flexibility index (Phi) is 4.66. The van der Waals surface area contributed by atoms with E-state index in [-0.39, 0.29) is 11.9 Å². The van der Waals surface area contributed by atoms with Gasteiger partial charge in [0.25, 0.3) is 0 Å². The average Bonchev–Trinajstić information content (AvgIpc) is 3.22. The van der Waals surface area contributed by atoms with Gasteiger partial charge in [-0.15, -0.1) is 5.10 Å². The van der Waals surface area contributed by atoms with Gasteiger partial charge in [0.05, 0.1) is 17.1 Å². The minimum Gasteiger partial charge on any atom is -0.340 e. The summed E-state index contributed by atoms with van der Waals surface area (Å²) in [5.74, 6) is 0.116. The number of likely N-dealkylation sites (tertiary alicyclic amines) is 1. The number of rotatable bonds is 5. The van der Waals surface area contributed by atoms with Crippen LogP contribution in [0.1, 0.15) is 24.4 Å². The lowest BCUT2D eigenvalue weighted by molar-refractivity contribution is -0.130. The van der Waals surface area contributed by atoms with Crippen LogP contribution >= 0.6 is 0 Å². The van der Waals surface area contributed by atoms with E-state index in [1.165, 1.54) is 6.26 Å². The molecule has 1 fully saturated rings. The summed E-state index contributed by atoms with van der Waals surface area (Å²) in [5.41, 5.74) is 0.961. The third-order valence-corrected chi connectivity index (χ3v) is 5.44. The zero-order chi connectivity index (χ0) is 17.2. The highest BCUT2D eigenvalue weighted by molar-refractivity contribution is 7.90. The second kappa shape index (κ2) is 6.72. The SMILES string of the molecule is CS(=O)(=O)c1ccc(CCC(=O)N2CC[C@@H](n3ccnn3)C2)cc1. The van der Waals surface area contributed by atoms with Gasteiger partial charge < -0.3 is 4.90 Å². The van der Waals surface area contributed by atoms with Crippen molar-refractivity contribution in [2.45, 2.75) is 30.2 Å². The second-order valence-corrected chi connectivity index (χ2v) is 8.10. The fourth-order valence-electron chi connectivity index (χ4n) is 2.91. The molecule has 0 bridgehead atoms. The molecule has 2 aromatic rings. The first-order valence-corrected chi connectivity index (χ1v) is 9.75. The molecule has 1 saturated heterocycles. The highest BCUT2D eigenvalue weighted by Crippen LogP contribution is 2.21. The summed E-state index contributed by atoms with van der Waals surface area (Å²) < 4.78 is 24.7. The number of amides is 1. The van der Waals surface area contributed by atoms with Gasteiger partial charge in [-0.1, -0.05) is 17.3 Å². The lowest BCUT2D eigenvalue weighted by Crippen LogP contribution is -2.29. The van der Waals surface area contributed by atoms with Crippen LogP contribution in [-0.4, -0.2) is 53.6 Å². The molecule has 1 aliphatic rings. The predicted molar refractivity (Wildman–Crippen MR) is 88.1 cm³/mol. The maximum atomic E-state index is 12.3.